The van der Waals surface area contributed by atoms with Gasteiger partial charge < -0.3 is 5.11 Å². The van der Waals surface area contributed by atoms with Crippen LogP contribution in [0.3, 0.4) is 0 Å². The van der Waals surface area contributed by atoms with E-state index in [1.54, 1.807) is 18.3 Å². The van der Waals surface area contributed by atoms with Gasteiger partial charge in [-0.15, -0.1) is 0 Å². The lowest BCUT2D eigenvalue weighted by atomic mass is 10.0. The van der Waals surface area contributed by atoms with E-state index < -0.39 is 5.97 Å². The van der Waals surface area contributed by atoms with Crippen LogP contribution in [0.5, 0.6) is 0 Å². The topological polar surface area (TPSA) is 66.3 Å². The zero-order chi connectivity index (χ0) is 18.6. The molecule has 1 unspecified atom stereocenters. The molecule has 3 aromatic rings. The van der Waals surface area contributed by atoms with E-state index in [9.17, 15) is 9.90 Å². The molecule has 136 valence electrons. The molecule has 5 nitrogen and oxygen atoms in total. The van der Waals surface area contributed by atoms with Crippen molar-refractivity contribution in [2.75, 3.05) is 6.54 Å². The minimum Gasteiger partial charge on any atom is -0.478 e. The van der Waals surface area contributed by atoms with Gasteiger partial charge in [-0.2, -0.15) is 0 Å². The van der Waals surface area contributed by atoms with Gasteiger partial charge in [0.25, 0.3) is 0 Å². The Labute approximate surface area is 158 Å². The number of likely N-dealkylation sites (tertiary alicyclic amines) is 1. The second kappa shape index (κ2) is 7.68. The zero-order valence-electron chi connectivity index (χ0n) is 15.0. The van der Waals surface area contributed by atoms with E-state index in [4.69, 9.17) is 0 Å². The highest BCUT2D eigenvalue weighted by molar-refractivity contribution is 5.95. The molecular formula is C22H21N3O2. The van der Waals surface area contributed by atoms with Crippen LogP contribution >= 0.6 is 0 Å². The molecule has 1 aliphatic heterocycles. The van der Waals surface area contributed by atoms with Gasteiger partial charge in [-0.1, -0.05) is 30.3 Å². The molecule has 0 amide bonds. The predicted octanol–water partition coefficient (Wildman–Crippen LogP) is 4.18. The Bertz CT molecular complexity index is 926. The maximum atomic E-state index is 11.4. The van der Waals surface area contributed by atoms with E-state index in [0.717, 1.165) is 42.9 Å². The van der Waals surface area contributed by atoms with Crippen molar-refractivity contribution in [3.63, 3.8) is 0 Å². The quantitative estimate of drug-likeness (QED) is 0.740. The number of carboxylic acid groups (broad SMARTS) is 1. The van der Waals surface area contributed by atoms with Gasteiger partial charge in [0.2, 0.25) is 0 Å². The summed E-state index contributed by atoms with van der Waals surface area (Å²) in [7, 11) is 0. The third-order valence-electron chi connectivity index (χ3n) is 5.05. The van der Waals surface area contributed by atoms with Gasteiger partial charge in [0, 0.05) is 24.5 Å². The Morgan fingerprint density at radius 2 is 1.93 bits per heavy atom. The van der Waals surface area contributed by atoms with Crippen LogP contribution in [-0.4, -0.2) is 32.5 Å². The van der Waals surface area contributed by atoms with E-state index in [1.807, 2.05) is 42.6 Å². The molecule has 5 heteroatoms. The van der Waals surface area contributed by atoms with Crippen LogP contribution < -0.4 is 0 Å². The largest absolute Gasteiger partial charge is 0.478 e. The lowest BCUT2D eigenvalue weighted by molar-refractivity contribution is 0.0697. The Morgan fingerprint density at radius 1 is 1.07 bits per heavy atom. The smallest absolute Gasteiger partial charge is 0.336 e. The van der Waals surface area contributed by atoms with E-state index >= 15 is 0 Å². The second-order valence-electron chi connectivity index (χ2n) is 6.77. The van der Waals surface area contributed by atoms with Gasteiger partial charge in [-0.3, -0.25) is 14.9 Å². The number of aromatic nitrogens is 2. The van der Waals surface area contributed by atoms with Gasteiger partial charge in [0.1, 0.15) is 0 Å². The Morgan fingerprint density at radius 3 is 2.67 bits per heavy atom. The minimum absolute atomic E-state index is 0.293. The second-order valence-corrected chi connectivity index (χ2v) is 6.77. The zero-order valence-corrected chi connectivity index (χ0v) is 15.0. The number of pyridine rings is 2. The molecule has 4 rings (SSSR count). The molecule has 2 aromatic heterocycles. The standard InChI is InChI=1S/C22H21N3O2/c26-22(27)19-7-2-1-6-18(19)16-10-11-17(24-14-16)15-25-13-5-9-21(25)20-8-3-4-12-23-20/h1-4,6-8,10-12,14,21H,5,9,13,15H2,(H,26,27). The SMILES string of the molecule is O=C(O)c1ccccc1-c1ccc(CN2CCCC2c2ccccn2)nc1. The molecule has 1 fully saturated rings. The van der Waals surface area contributed by atoms with E-state index in [1.165, 1.54) is 0 Å². The van der Waals surface area contributed by atoms with Crippen molar-refractivity contribution in [2.24, 2.45) is 0 Å². The molecule has 0 radical (unpaired) electrons. The van der Waals surface area contributed by atoms with Crippen molar-refractivity contribution in [3.05, 3.63) is 83.9 Å². The van der Waals surface area contributed by atoms with Crippen LogP contribution in [0.15, 0.2) is 67.0 Å². The highest BCUT2D eigenvalue weighted by Crippen LogP contribution is 2.32. The summed E-state index contributed by atoms with van der Waals surface area (Å²) in [6.07, 6.45) is 5.88. The summed E-state index contributed by atoms with van der Waals surface area (Å²) in [4.78, 5) is 22.9. The van der Waals surface area contributed by atoms with Crippen LogP contribution in [0.1, 0.15) is 40.6 Å². The normalized spacial score (nSPS) is 17.1. The van der Waals surface area contributed by atoms with E-state index in [-0.39, 0.29) is 0 Å². The molecule has 3 heterocycles. The number of nitrogens with zero attached hydrogens (tertiary/aromatic N) is 3. The van der Waals surface area contributed by atoms with Crippen molar-refractivity contribution >= 4 is 5.97 Å². The maximum Gasteiger partial charge on any atom is 0.336 e. The van der Waals surface area contributed by atoms with E-state index in [2.05, 4.69) is 20.9 Å². The number of hydrogen-bond acceptors (Lipinski definition) is 4. The third kappa shape index (κ3) is 3.73. The number of carboxylic acids is 1. The first kappa shape index (κ1) is 17.4. The number of carbonyl (C=O) groups is 1. The summed E-state index contributed by atoms with van der Waals surface area (Å²) in [5, 5.41) is 9.38. The lowest BCUT2D eigenvalue weighted by Crippen LogP contribution is -2.23. The molecule has 1 N–H and O–H groups in total. The van der Waals surface area contributed by atoms with Crippen molar-refractivity contribution < 1.29 is 9.90 Å². The van der Waals surface area contributed by atoms with Crippen LogP contribution in [0, 0.1) is 0 Å². The van der Waals surface area contributed by atoms with Crippen molar-refractivity contribution in [2.45, 2.75) is 25.4 Å². The van der Waals surface area contributed by atoms with Crippen LogP contribution in [0.2, 0.25) is 0 Å². The highest BCUT2D eigenvalue weighted by Gasteiger charge is 2.27. The van der Waals surface area contributed by atoms with Crippen molar-refractivity contribution in [1.82, 2.24) is 14.9 Å². The Balaban J connectivity index is 1.53. The number of aromatic carboxylic acids is 1. The lowest BCUT2D eigenvalue weighted by Gasteiger charge is -2.23. The fourth-order valence-corrected chi connectivity index (χ4v) is 3.73. The predicted molar refractivity (Wildman–Crippen MR) is 103 cm³/mol. The summed E-state index contributed by atoms with van der Waals surface area (Å²) < 4.78 is 0. The van der Waals surface area contributed by atoms with Gasteiger partial charge >= 0.3 is 5.97 Å². The van der Waals surface area contributed by atoms with Gasteiger partial charge in [-0.25, -0.2) is 4.79 Å². The number of benzene rings is 1. The summed E-state index contributed by atoms with van der Waals surface area (Å²) in [6.45, 7) is 1.80. The van der Waals surface area contributed by atoms with E-state index in [0.29, 0.717) is 17.2 Å². The van der Waals surface area contributed by atoms with Crippen LogP contribution in [0.25, 0.3) is 11.1 Å². The Hall–Kier alpha value is -3.05. The average Bonchev–Trinajstić information content (AvgIpc) is 3.17. The summed E-state index contributed by atoms with van der Waals surface area (Å²) in [6, 6.07) is 17.4. The molecule has 1 aromatic carbocycles. The molecule has 0 aliphatic carbocycles. The first-order valence-corrected chi connectivity index (χ1v) is 9.15. The fourth-order valence-electron chi connectivity index (χ4n) is 3.73. The molecule has 0 spiro atoms. The third-order valence-corrected chi connectivity index (χ3v) is 5.05. The average molecular weight is 359 g/mol. The first-order chi connectivity index (χ1) is 13.2. The molecule has 1 saturated heterocycles. The molecule has 0 saturated carbocycles. The summed E-state index contributed by atoms with van der Waals surface area (Å²) >= 11 is 0. The van der Waals surface area contributed by atoms with Gasteiger partial charge in [-0.05, 0) is 49.2 Å². The molecular weight excluding hydrogens is 338 g/mol. The maximum absolute atomic E-state index is 11.4. The van der Waals surface area contributed by atoms with Crippen molar-refractivity contribution in [3.8, 4) is 11.1 Å². The molecule has 27 heavy (non-hydrogen) atoms. The Kier molecular flexibility index (Phi) is 4.94. The number of hydrogen-bond donors (Lipinski definition) is 1. The number of rotatable bonds is 5. The van der Waals surface area contributed by atoms with Gasteiger partial charge in [0.05, 0.1) is 23.0 Å². The van der Waals surface area contributed by atoms with Crippen LogP contribution in [0.4, 0.5) is 0 Å². The van der Waals surface area contributed by atoms with Crippen molar-refractivity contribution in [1.29, 1.82) is 0 Å². The summed E-state index contributed by atoms with van der Waals surface area (Å²) in [5.74, 6) is -0.926. The molecule has 0 bridgehead atoms. The highest BCUT2D eigenvalue weighted by atomic mass is 16.4. The summed E-state index contributed by atoms with van der Waals surface area (Å²) in [5.41, 5.74) is 3.90. The molecule has 1 aliphatic rings. The fraction of sp³-hybridized carbons (Fsp3) is 0.227. The molecule has 1 atom stereocenters. The first-order valence-electron chi connectivity index (χ1n) is 9.15. The van der Waals surface area contributed by atoms with Crippen LogP contribution in [-0.2, 0) is 6.54 Å². The minimum atomic E-state index is -0.926. The van der Waals surface area contributed by atoms with Gasteiger partial charge in [0.15, 0.2) is 0 Å². The monoisotopic (exact) mass is 359 g/mol.